The van der Waals surface area contributed by atoms with Crippen molar-refractivity contribution in [2.24, 2.45) is 5.92 Å². The molecule has 1 aliphatic rings. The summed E-state index contributed by atoms with van der Waals surface area (Å²) in [6.45, 7) is 6.34. The normalized spacial score (nSPS) is 17.7. The second-order valence-electron chi connectivity index (χ2n) is 5.99. The smallest absolute Gasteiger partial charge is 0.239 e. The van der Waals surface area contributed by atoms with Crippen LogP contribution < -0.4 is 15.8 Å². The van der Waals surface area contributed by atoms with Gasteiger partial charge in [0.25, 0.3) is 0 Å². The molecule has 2 heterocycles. The maximum Gasteiger partial charge on any atom is 0.239 e. The number of nitrogens with two attached hydrogens (primary N) is 1. The largest absolute Gasteiger partial charge is 0.476 e. The molecule has 2 rings (SSSR count). The molecule has 0 spiro atoms. The van der Waals surface area contributed by atoms with E-state index in [0.717, 1.165) is 0 Å². The monoisotopic (exact) mass is 295 g/mol. The van der Waals surface area contributed by atoms with Crippen molar-refractivity contribution in [3.05, 3.63) is 12.1 Å². The minimum absolute atomic E-state index is 0.408. The zero-order chi connectivity index (χ0) is 15.3. The molecule has 0 unspecified atom stereocenters. The van der Waals surface area contributed by atoms with Crippen molar-refractivity contribution in [2.45, 2.75) is 32.3 Å². The van der Waals surface area contributed by atoms with Crippen molar-refractivity contribution in [3.63, 3.8) is 0 Å². The molecule has 1 saturated heterocycles. The van der Waals surface area contributed by atoms with Gasteiger partial charge in [-0.25, -0.2) is 0 Å². The highest BCUT2D eigenvalue weighted by atomic mass is 16.5. The first-order chi connectivity index (χ1) is 9.98. The Morgan fingerprint density at radius 1 is 1.43 bits per heavy atom. The van der Waals surface area contributed by atoms with E-state index in [-0.39, 0.29) is 0 Å². The van der Waals surface area contributed by atoms with E-state index in [9.17, 15) is 5.11 Å². The Morgan fingerprint density at radius 3 is 2.81 bits per heavy atom. The van der Waals surface area contributed by atoms with E-state index in [0.29, 0.717) is 62.5 Å². The van der Waals surface area contributed by atoms with Crippen molar-refractivity contribution < 1.29 is 14.6 Å². The van der Waals surface area contributed by atoms with Crippen LogP contribution in [-0.4, -0.2) is 42.1 Å². The predicted octanol–water partition coefficient (Wildman–Crippen LogP) is 1.65. The van der Waals surface area contributed by atoms with Crippen LogP contribution in [0.4, 0.5) is 11.5 Å². The van der Waals surface area contributed by atoms with Crippen molar-refractivity contribution in [1.29, 1.82) is 0 Å². The summed E-state index contributed by atoms with van der Waals surface area (Å²) in [6.07, 6.45) is 1.26. The van der Waals surface area contributed by atoms with Crippen LogP contribution in [0, 0.1) is 5.92 Å². The van der Waals surface area contributed by atoms with Gasteiger partial charge >= 0.3 is 0 Å². The molecule has 0 amide bonds. The molecule has 6 nitrogen and oxygen atoms in total. The van der Waals surface area contributed by atoms with E-state index >= 15 is 0 Å². The molecule has 6 heteroatoms. The number of nitrogens with zero attached hydrogens (tertiary/aromatic N) is 1. The second kappa shape index (κ2) is 6.95. The number of aromatic nitrogens is 1. The molecule has 1 fully saturated rings. The molecule has 0 saturated carbocycles. The first-order valence-corrected chi connectivity index (χ1v) is 7.42. The van der Waals surface area contributed by atoms with E-state index in [4.69, 9.17) is 15.2 Å². The summed E-state index contributed by atoms with van der Waals surface area (Å²) < 4.78 is 10.9. The zero-order valence-corrected chi connectivity index (χ0v) is 12.8. The van der Waals surface area contributed by atoms with E-state index in [2.05, 4.69) is 24.1 Å². The molecule has 21 heavy (non-hydrogen) atoms. The van der Waals surface area contributed by atoms with Gasteiger partial charge in [0, 0.05) is 32.6 Å². The summed E-state index contributed by atoms with van der Waals surface area (Å²) in [4.78, 5) is 4.36. The first-order valence-electron chi connectivity index (χ1n) is 7.42. The number of ether oxygens (including phenoxy) is 2. The molecule has 4 N–H and O–H groups in total. The Morgan fingerprint density at radius 2 is 2.14 bits per heavy atom. The van der Waals surface area contributed by atoms with Crippen LogP contribution in [0.2, 0.25) is 0 Å². The maximum atomic E-state index is 10.4. The van der Waals surface area contributed by atoms with Crippen LogP contribution >= 0.6 is 0 Å². The topological polar surface area (TPSA) is 89.6 Å². The average Bonchev–Trinajstić information content (AvgIpc) is 2.46. The molecular weight excluding hydrogens is 270 g/mol. The Bertz CT molecular complexity index is 459. The number of hydrogen-bond donors (Lipinski definition) is 3. The number of hydrogen-bond acceptors (Lipinski definition) is 6. The summed E-state index contributed by atoms with van der Waals surface area (Å²) in [7, 11) is 0. The van der Waals surface area contributed by atoms with Gasteiger partial charge in [0.1, 0.15) is 5.82 Å². The lowest BCUT2D eigenvalue weighted by Crippen LogP contribution is -2.42. The van der Waals surface area contributed by atoms with Gasteiger partial charge in [-0.3, -0.25) is 0 Å². The van der Waals surface area contributed by atoms with E-state index < -0.39 is 5.60 Å². The first kappa shape index (κ1) is 15.9. The quantitative estimate of drug-likeness (QED) is 0.739. The third-order valence-corrected chi connectivity index (χ3v) is 3.47. The highest BCUT2D eigenvalue weighted by molar-refractivity contribution is 5.53. The fourth-order valence-electron chi connectivity index (χ4n) is 2.09. The Balaban J connectivity index is 1.95. The molecule has 1 aromatic rings. The van der Waals surface area contributed by atoms with E-state index in [1.54, 1.807) is 12.1 Å². The number of rotatable bonds is 6. The number of nitrogens with one attached hydrogen (secondary N) is 1. The van der Waals surface area contributed by atoms with Gasteiger partial charge in [0.05, 0.1) is 17.9 Å². The standard InChI is InChI=1S/C15H25N3O3/c1-11(2)9-21-14-12(16)3-4-13(18-14)17-10-15(19)5-7-20-8-6-15/h3-4,11,19H,5-10,16H2,1-2H3,(H,17,18). The second-order valence-corrected chi connectivity index (χ2v) is 5.99. The summed E-state index contributed by atoms with van der Waals surface area (Å²) in [5, 5.41) is 13.6. The molecule has 118 valence electrons. The Kier molecular flexibility index (Phi) is 5.25. The third kappa shape index (κ3) is 4.75. The van der Waals surface area contributed by atoms with Crippen molar-refractivity contribution >= 4 is 11.5 Å². The van der Waals surface area contributed by atoms with Crippen LogP contribution in [0.3, 0.4) is 0 Å². The molecule has 1 aliphatic heterocycles. The minimum atomic E-state index is -0.736. The fourth-order valence-corrected chi connectivity index (χ4v) is 2.09. The van der Waals surface area contributed by atoms with Crippen LogP contribution in [0.25, 0.3) is 0 Å². The van der Waals surface area contributed by atoms with Crippen LogP contribution in [-0.2, 0) is 4.74 Å². The van der Waals surface area contributed by atoms with Gasteiger partial charge in [-0.1, -0.05) is 13.8 Å². The fraction of sp³-hybridized carbons (Fsp3) is 0.667. The molecule has 0 radical (unpaired) electrons. The van der Waals surface area contributed by atoms with Crippen LogP contribution in [0.1, 0.15) is 26.7 Å². The van der Waals surface area contributed by atoms with Crippen molar-refractivity contribution in [1.82, 2.24) is 4.98 Å². The number of pyridine rings is 1. The van der Waals surface area contributed by atoms with Crippen LogP contribution in [0.5, 0.6) is 5.88 Å². The van der Waals surface area contributed by atoms with E-state index in [1.165, 1.54) is 0 Å². The highest BCUT2D eigenvalue weighted by Crippen LogP contribution is 2.24. The number of anilines is 2. The lowest BCUT2D eigenvalue weighted by Gasteiger charge is -2.32. The van der Waals surface area contributed by atoms with Crippen LogP contribution in [0.15, 0.2) is 12.1 Å². The van der Waals surface area contributed by atoms with E-state index in [1.807, 2.05) is 0 Å². The molecular formula is C15H25N3O3. The Labute approximate surface area is 125 Å². The summed E-state index contributed by atoms with van der Waals surface area (Å²) >= 11 is 0. The highest BCUT2D eigenvalue weighted by Gasteiger charge is 2.29. The molecule has 0 aromatic carbocycles. The van der Waals surface area contributed by atoms with Crippen molar-refractivity contribution in [2.75, 3.05) is 37.4 Å². The summed E-state index contributed by atoms with van der Waals surface area (Å²) in [5.74, 6) is 1.50. The molecule has 0 bridgehead atoms. The van der Waals surface area contributed by atoms with Crippen molar-refractivity contribution in [3.8, 4) is 5.88 Å². The van der Waals surface area contributed by atoms with Gasteiger partial charge in [-0.05, 0) is 18.1 Å². The van der Waals surface area contributed by atoms with Gasteiger partial charge in [-0.2, -0.15) is 4.98 Å². The lowest BCUT2D eigenvalue weighted by atomic mass is 9.94. The number of aliphatic hydroxyl groups is 1. The number of nitrogen functional groups attached to an aromatic ring is 1. The zero-order valence-electron chi connectivity index (χ0n) is 12.8. The van der Waals surface area contributed by atoms with Gasteiger partial charge < -0.3 is 25.6 Å². The van der Waals surface area contributed by atoms with Gasteiger partial charge in [0.2, 0.25) is 5.88 Å². The molecule has 0 atom stereocenters. The van der Waals surface area contributed by atoms with Gasteiger partial charge in [-0.15, -0.1) is 0 Å². The maximum absolute atomic E-state index is 10.4. The Hall–Kier alpha value is -1.53. The predicted molar refractivity (Wildman–Crippen MR) is 82.5 cm³/mol. The summed E-state index contributed by atoms with van der Waals surface area (Å²) in [5.41, 5.74) is 5.64. The molecule has 1 aromatic heterocycles. The summed E-state index contributed by atoms with van der Waals surface area (Å²) in [6, 6.07) is 3.55. The lowest BCUT2D eigenvalue weighted by molar-refractivity contribution is -0.0543. The average molecular weight is 295 g/mol. The minimum Gasteiger partial charge on any atom is -0.476 e. The van der Waals surface area contributed by atoms with Gasteiger partial charge in [0.15, 0.2) is 0 Å². The SMILES string of the molecule is CC(C)COc1nc(NCC2(O)CCOCC2)ccc1N. The molecule has 0 aliphatic carbocycles. The third-order valence-electron chi connectivity index (χ3n) is 3.47.